The largest absolute Gasteiger partial charge is 0.384 e. The summed E-state index contributed by atoms with van der Waals surface area (Å²) in [5, 5.41) is 15.1. The fraction of sp³-hybridized carbons (Fsp3) is 0.294. The Kier molecular flexibility index (Phi) is 4.49. The van der Waals surface area contributed by atoms with Gasteiger partial charge in [0.25, 0.3) is 5.56 Å². The van der Waals surface area contributed by atoms with E-state index in [1.807, 2.05) is 12.3 Å². The Hall–Kier alpha value is -2.45. The summed E-state index contributed by atoms with van der Waals surface area (Å²) in [6.45, 7) is 7.32. The zero-order valence-electron chi connectivity index (χ0n) is 14.3. The van der Waals surface area contributed by atoms with Gasteiger partial charge in [-0.25, -0.2) is 14.6 Å². The van der Waals surface area contributed by atoms with Crippen LogP contribution in [0.25, 0.3) is 17.2 Å². The van der Waals surface area contributed by atoms with E-state index in [2.05, 4.69) is 21.6 Å². The predicted octanol–water partition coefficient (Wildman–Crippen LogP) is 2.06. The smallest absolute Gasteiger partial charge is 0.279 e. The number of aromatic nitrogens is 5. The highest BCUT2D eigenvalue weighted by Crippen LogP contribution is 2.24. The van der Waals surface area contributed by atoms with E-state index >= 15 is 0 Å². The van der Waals surface area contributed by atoms with E-state index in [1.165, 1.54) is 16.4 Å². The van der Waals surface area contributed by atoms with E-state index in [1.54, 1.807) is 42.8 Å². The van der Waals surface area contributed by atoms with Crippen molar-refractivity contribution < 1.29 is 5.11 Å². The van der Waals surface area contributed by atoms with Crippen molar-refractivity contribution in [1.29, 1.82) is 0 Å². The molecule has 0 aliphatic carbocycles. The summed E-state index contributed by atoms with van der Waals surface area (Å²) in [4.78, 5) is 21.5. The van der Waals surface area contributed by atoms with Crippen molar-refractivity contribution in [2.24, 2.45) is 0 Å². The lowest BCUT2D eigenvalue weighted by atomic mass is 10.1. The normalized spacial score (nSPS) is 11.8. The molecular formula is C17H19N5O2S. The standard InChI is InChI=1S/C17H19N5O2S/c1-5-9-22-15(23)11-10-21(16(25-4)19-14(11)20-22)13-8-6-7-12(18-13)17(2,3)24/h5-8,10,24H,1,9H2,2-4H3. The summed E-state index contributed by atoms with van der Waals surface area (Å²) in [6, 6.07) is 5.38. The first-order valence-corrected chi connectivity index (χ1v) is 8.93. The molecule has 0 aromatic carbocycles. The average Bonchev–Trinajstić information content (AvgIpc) is 2.89. The number of hydrogen-bond acceptors (Lipinski definition) is 6. The number of rotatable bonds is 5. The van der Waals surface area contributed by atoms with Gasteiger partial charge in [-0.1, -0.05) is 23.9 Å². The van der Waals surface area contributed by atoms with E-state index in [0.717, 1.165) is 0 Å². The molecule has 0 amide bonds. The maximum absolute atomic E-state index is 12.5. The van der Waals surface area contributed by atoms with Gasteiger partial charge in [0.2, 0.25) is 0 Å². The highest BCUT2D eigenvalue weighted by Gasteiger charge is 2.22. The van der Waals surface area contributed by atoms with E-state index < -0.39 is 5.60 Å². The van der Waals surface area contributed by atoms with Crippen LogP contribution >= 0.6 is 11.8 Å². The summed E-state index contributed by atoms with van der Waals surface area (Å²) in [5.41, 5.74) is -0.335. The monoisotopic (exact) mass is 357 g/mol. The van der Waals surface area contributed by atoms with Gasteiger partial charge in [0.05, 0.1) is 12.2 Å². The molecule has 0 spiro atoms. The minimum absolute atomic E-state index is 0.220. The van der Waals surface area contributed by atoms with Crippen molar-refractivity contribution >= 4 is 11.8 Å². The van der Waals surface area contributed by atoms with Crippen molar-refractivity contribution in [3.63, 3.8) is 0 Å². The van der Waals surface area contributed by atoms with Crippen LogP contribution in [-0.2, 0) is 12.1 Å². The molecule has 8 heteroatoms. The van der Waals surface area contributed by atoms with Gasteiger partial charge >= 0.3 is 0 Å². The molecule has 1 aromatic rings. The van der Waals surface area contributed by atoms with Crippen LogP contribution < -0.4 is 5.56 Å². The van der Waals surface area contributed by atoms with Crippen molar-refractivity contribution in [3.8, 4) is 17.2 Å². The number of hydrogen-bond donors (Lipinski definition) is 1. The first-order chi connectivity index (χ1) is 11.8. The Morgan fingerprint density at radius 3 is 2.76 bits per heavy atom. The van der Waals surface area contributed by atoms with Crippen LogP contribution in [0.15, 0.2) is 47.0 Å². The second-order valence-electron chi connectivity index (χ2n) is 6.05. The molecule has 0 atom stereocenters. The van der Waals surface area contributed by atoms with E-state index in [0.29, 0.717) is 34.6 Å². The molecule has 2 aliphatic heterocycles. The number of pyridine rings is 1. The van der Waals surface area contributed by atoms with Crippen LogP contribution in [-0.4, -0.2) is 35.7 Å². The second kappa shape index (κ2) is 6.45. The zero-order chi connectivity index (χ0) is 18.2. The van der Waals surface area contributed by atoms with E-state index in [9.17, 15) is 9.90 Å². The lowest BCUT2D eigenvalue weighted by Crippen LogP contribution is -2.19. The Morgan fingerprint density at radius 1 is 1.36 bits per heavy atom. The molecule has 0 fully saturated rings. The molecule has 1 N–H and O–H groups in total. The van der Waals surface area contributed by atoms with Gasteiger partial charge in [0.1, 0.15) is 17.0 Å². The van der Waals surface area contributed by atoms with Crippen LogP contribution in [0.4, 0.5) is 0 Å². The molecule has 1 aromatic heterocycles. The third-order valence-corrected chi connectivity index (χ3v) is 4.33. The molecule has 0 bridgehead atoms. The minimum Gasteiger partial charge on any atom is -0.384 e. The highest BCUT2D eigenvalue weighted by atomic mass is 32.2. The fourth-order valence-electron chi connectivity index (χ4n) is 2.42. The number of fused-ring (bicyclic) bond motifs is 1. The minimum atomic E-state index is -1.06. The van der Waals surface area contributed by atoms with Crippen LogP contribution in [0, 0.1) is 0 Å². The molecule has 0 radical (unpaired) electrons. The van der Waals surface area contributed by atoms with E-state index in [-0.39, 0.29) is 5.56 Å². The third kappa shape index (κ3) is 3.22. The molecule has 7 nitrogen and oxygen atoms in total. The Balaban J connectivity index is 2.22. The number of aliphatic hydroxyl groups is 1. The maximum atomic E-state index is 12.5. The third-order valence-electron chi connectivity index (χ3n) is 3.68. The van der Waals surface area contributed by atoms with Gasteiger partial charge in [-0.3, -0.25) is 9.36 Å². The van der Waals surface area contributed by atoms with Gasteiger partial charge in [-0.15, -0.1) is 11.7 Å². The molecule has 130 valence electrons. The van der Waals surface area contributed by atoms with Crippen LogP contribution in [0.3, 0.4) is 0 Å². The summed E-state index contributed by atoms with van der Waals surface area (Å²) in [5.74, 6) is 0.973. The first-order valence-electron chi connectivity index (χ1n) is 7.70. The highest BCUT2D eigenvalue weighted by molar-refractivity contribution is 7.98. The Labute approximate surface area is 149 Å². The molecule has 25 heavy (non-hydrogen) atoms. The van der Waals surface area contributed by atoms with Gasteiger partial charge < -0.3 is 5.11 Å². The van der Waals surface area contributed by atoms with Gasteiger partial charge in [0.15, 0.2) is 11.0 Å². The van der Waals surface area contributed by atoms with Crippen LogP contribution in [0.5, 0.6) is 0 Å². The lowest BCUT2D eigenvalue weighted by molar-refractivity contribution is 0.0738. The van der Waals surface area contributed by atoms with Crippen molar-refractivity contribution in [1.82, 2.24) is 24.3 Å². The summed E-state index contributed by atoms with van der Waals surface area (Å²) in [6.07, 6.45) is 5.20. The van der Waals surface area contributed by atoms with E-state index in [4.69, 9.17) is 0 Å². The SMILES string of the molecule is C=CCn1nc2nc(SC)n(-c3cccc(C(C)(C)O)n3)cc-2c1=O. The Bertz CT molecular complexity index is 954. The first kappa shape index (κ1) is 17.4. The molecule has 2 aliphatic rings. The fourth-order valence-corrected chi connectivity index (χ4v) is 2.95. The Morgan fingerprint density at radius 2 is 2.12 bits per heavy atom. The van der Waals surface area contributed by atoms with Gasteiger partial charge in [0, 0.05) is 6.20 Å². The summed E-state index contributed by atoms with van der Waals surface area (Å²) in [7, 11) is 0. The van der Waals surface area contributed by atoms with Gasteiger partial charge in [-0.05, 0) is 32.2 Å². The predicted molar refractivity (Wildman–Crippen MR) is 97.3 cm³/mol. The molecular weight excluding hydrogens is 338 g/mol. The summed E-state index contributed by atoms with van der Waals surface area (Å²) >= 11 is 1.42. The second-order valence-corrected chi connectivity index (χ2v) is 6.82. The van der Waals surface area contributed by atoms with Gasteiger partial charge in [-0.2, -0.15) is 0 Å². The molecule has 3 rings (SSSR count). The lowest BCUT2D eigenvalue weighted by Gasteiger charge is -2.18. The maximum Gasteiger partial charge on any atom is 0.279 e. The van der Waals surface area contributed by atoms with Crippen molar-refractivity contribution in [2.45, 2.75) is 31.1 Å². The topological polar surface area (TPSA) is 85.8 Å². The van der Waals surface area contributed by atoms with Crippen LogP contribution in [0.2, 0.25) is 0 Å². The zero-order valence-corrected chi connectivity index (χ0v) is 15.1. The quantitative estimate of drug-likeness (QED) is 0.427. The van der Waals surface area contributed by atoms with Crippen LogP contribution in [0.1, 0.15) is 19.5 Å². The molecule has 0 unspecified atom stereocenters. The number of nitrogens with zero attached hydrogens (tertiary/aromatic N) is 5. The number of thioether (sulfide) groups is 1. The van der Waals surface area contributed by atoms with Crippen molar-refractivity contribution in [2.75, 3.05) is 6.26 Å². The molecule has 0 saturated carbocycles. The number of allylic oxidation sites excluding steroid dienone is 1. The van der Waals surface area contributed by atoms with Crippen molar-refractivity contribution in [3.05, 3.63) is 53.1 Å². The molecule has 3 heterocycles. The molecule has 0 saturated heterocycles. The average molecular weight is 357 g/mol. The summed E-state index contributed by atoms with van der Waals surface area (Å²) < 4.78 is 3.07.